The molecular weight excluding hydrogens is 418 g/mol. The van der Waals surface area contributed by atoms with Crippen molar-refractivity contribution < 1.29 is 9.90 Å². The molecule has 0 aromatic carbocycles. The molecule has 0 heterocycles. The summed E-state index contributed by atoms with van der Waals surface area (Å²) >= 11 is 0. The number of carbonyl (C=O) groups is 1. The molecule has 8 saturated carbocycles. The maximum absolute atomic E-state index is 13.7. The van der Waals surface area contributed by atoms with Crippen LogP contribution in [0.15, 0.2) is 0 Å². The lowest BCUT2D eigenvalue weighted by Gasteiger charge is -2.58. The largest absolute Gasteiger partial charge is 0.390 e. The Morgan fingerprint density at radius 3 is 2.38 bits per heavy atom. The summed E-state index contributed by atoms with van der Waals surface area (Å²) in [5.41, 5.74) is -0.118. The molecule has 8 aliphatic rings. The number of nitrogens with one attached hydrogen (secondary N) is 1. The zero-order valence-corrected chi connectivity index (χ0v) is 21.8. The van der Waals surface area contributed by atoms with Gasteiger partial charge in [-0.25, -0.2) is 0 Å². The average Bonchev–Trinajstić information content (AvgIpc) is 3.14. The third-order valence-corrected chi connectivity index (χ3v) is 13.4. The number of fused-ring (bicyclic) bond motifs is 5. The van der Waals surface area contributed by atoms with Gasteiger partial charge in [-0.15, -0.1) is 0 Å². The molecule has 2 N–H and O–H groups in total. The first-order chi connectivity index (χ1) is 16.3. The highest BCUT2D eigenvalue weighted by Crippen LogP contribution is 2.64. The molecular formula is C31H49NO2. The molecule has 0 spiro atoms. The van der Waals surface area contributed by atoms with Gasteiger partial charge in [0.05, 0.1) is 12.1 Å². The summed E-state index contributed by atoms with van der Waals surface area (Å²) < 4.78 is 0. The van der Waals surface area contributed by atoms with Gasteiger partial charge in [0.15, 0.2) is 0 Å². The average molecular weight is 468 g/mol. The summed E-state index contributed by atoms with van der Waals surface area (Å²) in [6, 6.07) is 0.477. The molecule has 3 nitrogen and oxygen atoms in total. The summed E-state index contributed by atoms with van der Waals surface area (Å²) in [4.78, 5) is 13.7. The number of hydrogen-bond acceptors (Lipinski definition) is 3. The van der Waals surface area contributed by atoms with Gasteiger partial charge in [-0.2, -0.15) is 0 Å². The van der Waals surface area contributed by atoms with E-state index >= 15 is 0 Å². The van der Waals surface area contributed by atoms with Gasteiger partial charge < -0.3 is 10.4 Å². The van der Waals surface area contributed by atoms with Crippen LogP contribution in [0.1, 0.15) is 104 Å². The van der Waals surface area contributed by atoms with Crippen molar-refractivity contribution in [2.75, 3.05) is 6.54 Å². The van der Waals surface area contributed by atoms with Crippen LogP contribution in [-0.4, -0.2) is 29.1 Å². The van der Waals surface area contributed by atoms with Gasteiger partial charge in [-0.05, 0) is 142 Å². The molecule has 0 aromatic rings. The monoisotopic (exact) mass is 467 g/mol. The highest BCUT2D eigenvalue weighted by Gasteiger charge is 2.59. The first-order valence-electron chi connectivity index (χ1n) is 15.3. The third kappa shape index (κ3) is 3.45. The lowest BCUT2D eigenvalue weighted by molar-refractivity contribution is -0.141. The third-order valence-electron chi connectivity index (χ3n) is 13.4. The van der Waals surface area contributed by atoms with E-state index in [0.717, 1.165) is 67.1 Å². The zero-order chi connectivity index (χ0) is 23.2. The van der Waals surface area contributed by atoms with Crippen LogP contribution in [0, 0.1) is 64.6 Å². The van der Waals surface area contributed by atoms with Crippen molar-refractivity contribution in [2.45, 2.75) is 115 Å². The maximum atomic E-state index is 13.7. The van der Waals surface area contributed by atoms with Gasteiger partial charge in [0, 0.05) is 12.0 Å². The van der Waals surface area contributed by atoms with Gasteiger partial charge in [-0.3, -0.25) is 4.79 Å². The Bertz CT molecular complexity index is 808. The lowest BCUT2D eigenvalue weighted by atomic mass is 9.49. The Morgan fingerprint density at radius 1 is 0.853 bits per heavy atom. The second-order valence-corrected chi connectivity index (χ2v) is 15.1. The number of hydrogen-bond donors (Lipinski definition) is 2. The van der Waals surface area contributed by atoms with E-state index in [1.54, 1.807) is 0 Å². The van der Waals surface area contributed by atoms with Crippen LogP contribution in [0.25, 0.3) is 0 Å². The van der Waals surface area contributed by atoms with Crippen molar-refractivity contribution in [1.82, 2.24) is 5.32 Å². The van der Waals surface area contributed by atoms with Crippen LogP contribution in [0.2, 0.25) is 0 Å². The van der Waals surface area contributed by atoms with E-state index in [-0.39, 0.29) is 16.9 Å². The van der Waals surface area contributed by atoms with E-state index in [0.29, 0.717) is 30.2 Å². The van der Waals surface area contributed by atoms with Gasteiger partial charge in [-0.1, -0.05) is 20.3 Å². The SMILES string of the molecule is C[C@H]1CC[C@H]2[C@H](CC[C@@H]3[C@@H]2CC[C@]2(C)[C@@H](C(=O)CNC4C5CC6CC4CC(O)(C6)C5)CC[C@@H]32)C1. The van der Waals surface area contributed by atoms with E-state index < -0.39 is 0 Å². The molecule has 2 unspecified atom stereocenters. The standard InChI is InChI=1S/C31H49NO2/c1-18-3-5-23-20(11-18)4-6-25-24(23)9-10-30(2)26(25)7-8-27(30)28(33)17-32-29-21-12-19-13-22(29)16-31(34,14-19)15-21/h18-27,29,32,34H,3-17H2,1-2H3/t18-,19?,20+,21?,22?,23-,24+,25+,26-,27+,29?,30-,31?/m0/s1. The van der Waals surface area contributed by atoms with E-state index in [9.17, 15) is 9.90 Å². The molecule has 34 heavy (non-hydrogen) atoms. The molecule has 190 valence electrons. The van der Waals surface area contributed by atoms with Crippen molar-refractivity contribution in [3.8, 4) is 0 Å². The number of aliphatic hydroxyl groups is 1. The van der Waals surface area contributed by atoms with E-state index in [1.165, 1.54) is 64.2 Å². The molecule has 0 saturated heterocycles. The fraction of sp³-hybridized carbons (Fsp3) is 0.968. The van der Waals surface area contributed by atoms with Crippen LogP contribution >= 0.6 is 0 Å². The molecule has 8 fully saturated rings. The first kappa shape index (κ1) is 22.8. The van der Waals surface area contributed by atoms with Crippen molar-refractivity contribution in [3.05, 3.63) is 0 Å². The number of rotatable bonds is 4. The molecule has 8 aliphatic carbocycles. The zero-order valence-electron chi connectivity index (χ0n) is 21.8. The molecule has 4 bridgehead atoms. The molecule has 10 atom stereocenters. The Morgan fingerprint density at radius 2 is 1.62 bits per heavy atom. The molecule has 0 aliphatic heterocycles. The van der Waals surface area contributed by atoms with Gasteiger partial charge >= 0.3 is 0 Å². The van der Waals surface area contributed by atoms with Crippen LogP contribution in [0.3, 0.4) is 0 Å². The summed E-state index contributed by atoms with van der Waals surface area (Å²) in [5.74, 6) is 8.38. The highest BCUT2D eigenvalue weighted by atomic mass is 16.3. The minimum Gasteiger partial charge on any atom is -0.390 e. The van der Waals surface area contributed by atoms with Crippen molar-refractivity contribution in [3.63, 3.8) is 0 Å². The molecule has 3 heteroatoms. The van der Waals surface area contributed by atoms with Crippen LogP contribution in [0.4, 0.5) is 0 Å². The van der Waals surface area contributed by atoms with Crippen LogP contribution in [0.5, 0.6) is 0 Å². The van der Waals surface area contributed by atoms with Crippen molar-refractivity contribution >= 4 is 5.78 Å². The Labute approximate surface area is 207 Å². The Balaban J connectivity index is 1.01. The Kier molecular flexibility index (Phi) is 5.38. The first-order valence-corrected chi connectivity index (χ1v) is 15.3. The van der Waals surface area contributed by atoms with Crippen LogP contribution in [-0.2, 0) is 4.79 Å². The minimum atomic E-state index is -0.376. The summed E-state index contributed by atoms with van der Waals surface area (Å²) in [5, 5.41) is 14.7. The number of ketones is 1. The second kappa shape index (κ2) is 8.04. The normalized spacial score (nSPS) is 57.7. The second-order valence-electron chi connectivity index (χ2n) is 15.1. The van der Waals surface area contributed by atoms with Gasteiger partial charge in [0.2, 0.25) is 0 Å². The molecule has 0 aromatic heterocycles. The predicted molar refractivity (Wildman–Crippen MR) is 135 cm³/mol. The predicted octanol–water partition coefficient (Wildman–Crippen LogP) is 5.99. The minimum absolute atomic E-state index is 0.258. The van der Waals surface area contributed by atoms with E-state index in [1.807, 2.05) is 0 Å². The quantitative estimate of drug-likeness (QED) is 0.534. The number of carbonyl (C=O) groups excluding carboxylic acids is 1. The van der Waals surface area contributed by atoms with Crippen molar-refractivity contribution in [1.29, 1.82) is 0 Å². The summed E-state index contributed by atoms with van der Waals surface area (Å²) in [7, 11) is 0. The van der Waals surface area contributed by atoms with Gasteiger partial charge in [0.1, 0.15) is 5.78 Å². The molecule has 0 radical (unpaired) electrons. The van der Waals surface area contributed by atoms with Gasteiger partial charge in [0.25, 0.3) is 0 Å². The molecule has 0 amide bonds. The summed E-state index contributed by atoms with van der Waals surface area (Å²) in [6.07, 6.45) is 18.1. The lowest BCUT2D eigenvalue weighted by Crippen LogP contribution is -2.61. The summed E-state index contributed by atoms with van der Waals surface area (Å²) in [6.45, 7) is 5.59. The highest BCUT2D eigenvalue weighted by molar-refractivity contribution is 5.84. The molecule has 8 rings (SSSR count). The van der Waals surface area contributed by atoms with Crippen LogP contribution < -0.4 is 5.32 Å². The maximum Gasteiger partial charge on any atom is 0.150 e. The Hall–Kier alpha value is -0.410. The van der Waals surface area contributed by atoms with Crippen molar-refractivity contribution in [2.24, 2.45) is 64.6 Å². The smallest absolute Gasteiger partial charge is 0.150 e. The van der Waals surface area contributed by atoms with E-state index in [2.05, 4.69) is 19.2 Å². The fourth-order valence-corrected chi connectivity index (χ4v) is 12.3. The number of Topliss-reactive ketones (excluding diaryl/α,β-unsaturated/α-hetero) is 1. The van der Waals surface area contributed by atoms with E-state index in [4.69, 9.17) is 0 Å². The topological polar surface area (TPSA) is 49.3 Å². The fourth-order valence-electron chi connectivity index (χ4n) is 12.3.